The molecule has 5 unspecified atom stereocenters. The molecule has 0 fully saturated rings. The lowest BCUT2D eigenvalue weighted by atomic mass is 10.0. The maximum atomic E-state index is 13.0. The zero-order valence-electron chi connectivity index (χ0n) is 70.5. The molecular weight excluding hydrogens is 1460 g/mol. The Kier molecular flexibility index (Phi) is 81.5. The largest absolute Gasteiger partial charge is 0.472 e. The zero-order chi connectivity index (χ0) is 82.2. The second kappa shape index (κ2) is 85.8. The third-order valence-corrected chi connectivity index (χ3v) is 19.7. The van der Waals surface area contributed by atoms with Crippen molar-refractivity contribution < 1.29 is 75.8 Å². The molecule has 0 aromatic heterocycles. The zero-order valence-corrected chi connectivity index (χ0v) is 72.3. The first kappa shape index (κ1) is 107. The van der Waals surface area contributed by atoms with E-state index in [0.29, 0.717) is 19.3 Å². The van der Waals surface area contributed by atoms with Crippen LogP contribution in [0.3, 0.4) is 0 Å². The molecule has 0 bridgehead atoms. The normalized spacial score (nSPS) is 14.8. The van der Waals surface area contributed by atoms with Crippen molar-refractivity contribution in [1.29, 1.82) is 0 Å². The summed E-state index contributed by atoms with van der Waals surface area (Å²) in [6, 6.07) is 0. The van der Waals surface area contributed by atoms with Crippen molar-refractivity contribution in [3.8, 4) is 0 Å². The van der Waals surface area contributed by atoms with Crippen molar-refractivity contribution >= 4 is 33.6 Å². The third kappa shape index (κ3) is 87.1. The number of phosphoric acid groups is 2. The minimum Gasteiger partial charge on any atom is -0.463 e. The summed E-state index contributed by atoms with van der Waals surface area (Å²) in [6.45, 7) is 2.30. The van der Waals surface area contributed by atoms with E-state index in [4.69, 9.17) is 32.3 Å². The number of phosphoric ester groups is 2. The molecule has 0 aromatic rings. The first-order valence-corrected chi connectivity index (χ1v) is 46.7. The molecule has 0 amide bonds. The van der Waals surface area contributed by atoms with Crippen molar-refractivity contribution in [3.05, 3.63) is 194 Å². The van der Waals surface area contributed by atoms with Crippen molar-refractivity contribution in [1.82, 2.24) is 0 Å². The molecule has 0 radical (unpaired) electrons. The second-order valence-electron chi connectivity index (χ2n) is 28.5. The summed E-state index contributed by atoms with van der Waals surface area (Å²) in [5, 5.41) is 20.7. The number of hydrogen-bond donors (Lipinski definition) is 4. The number of esters is 3. The van der Waals surface area contributed by atoms with Crippen LogP contribution in [0.4, 0.5) is 0 Å². The number of carbonyl (C=O) groups is 3. The number of ether oxygens (including phenoxy) is 3. The van der Waals surface area contributed by atoms with Gasteiger partial charge >= 0.3 is 33.6 Å². The number of unbranched alkanes of at least 4 members (excludes halogenated alkanes) is 26. The average molecular weight is 1620 g/mol. The molecule has 18 heteroatoms. The number of carbonyl (C=O) groups excluding carboxylic acids is 3. The highest BCUT2D eigenvalue weighted by Crippen LogP contribution is 2.45. The highest BCUT2D eigenvalue weighted by Gasteiger charge is 2.29. The Labute approximate surface area is 687 Å². The second-order valence-corrected chi connectivity index (χ2v) is 31.5. The summed E-state index contributed by atoms with van der Waals surface area (Å²) in [4.78, 5) is 58.9. The van der Waals surface area contributed by atoms with E-state index in [9.17, 15) is 43.5 Å². The van der Waals surface area contributed by atoms with E-state index in [0.717, 1.165) is 186 Å². The smallest absolute Gasteiger partial charge is 0.463 e. The van der Waals surface area contributed by atoms with Crippen LogP contribution in [0.1, 0.15) is 329 Å². The molecule has 4 N–H and O–H groups in total. The van der Waals surface area contributed by atoms with Crippen LogP contribution in [-0.4, -0.2) is 95.9 Å². The monoisotopic (exact) mass is 1620 g/mol. The minimum absolute atomic E-state index is 0.0756. The summed E-state index contributed by atoms with van der Waals surface area (Å²) >= 11 is 0. The molecule has 0 aliphatic heterocycles. The van der Waals surface area contributed by atoms with Gasteiger partial charge in [-0.05, 0) is 161 Å². The lowest BCUT2D eigenvalue weighted by Gasteiger charge is -2.21. The fourth-order valence-corrected chi connectivity index (χ4v) is 12.9. The summed E-state index contributed by atoms with van der Waals surface area (Å²) in [5.74, 6) is -1.63. The van der Waals surface area contributed by atoms with Gasteiger partial charge in [-0.2, -0.15) is 0 Å². The Hall–Kier alpha value is -5.61. The lowest BCUT2D eigenvalue weighted by Crippen LogP contribution is -2.30. The van der Waals surface area contributed by atoms with Gasteiger partial charge in [-0.1, -0.05) is 344 Å². The topological polar surface area (TPSA) is 231 Å². The van der Waals surface area contributed by atoms with Crippen molar-refractivity contribution in [3.63, 3.8) is 0 Å². The fraction of sp³-hybridized carbons (Fsp3) is 0.632. The molecule has 113 heavy (non-hydrogen) atoms. The predicted octanol–water partition coefficient (Wildman–Crippen LogP) is 26.7. The van der Waals surface area contributed by atoms with Crippen molar-refractivity contribution in [2.45, 2.75) is 347 Å². The Morgan fingerprint density at radius 1 is 0.248 bits per heavy atom. The van der Waals surface area contributed by atoms with Gasteiger partial charge in [0.1, 0.15) is 25.4 Å². The molecule has 0 aromatic carbocycles. The van der Waals surface area contributed by atoms with Gasteiger partial charge in [0.05, 0.1) is 26.4 Å². The molecule has 0 rings (SSSR count). The van der Waals surface area contributed by atoms with Gasteiger partial charge in [-0.3, -0.25) is 32.5 Å². The molecule has 0 aliphatic carbocycles. The molecule has 0 spiro atoms. The summed E-state index contributed by atoms with van der Waals surface area (Å²) in [6.07, 6.45) is 113. The molecular formula is C95H156O16P2. The van der Waals surface area contributed by atoms with Crippen LogP contribution >= 0.6 is 15.6 Å². The van der Waals surface area contributed by atoms with Crippen LogP contribution < -0.4 is 0 Å². The van der Waals surface area contributed by atoms with Crippen LogP contribution in [0.15, 0.2) is 194 Å². The van der Waals surface area contributed by atoms with Gasteiger partial charge in [0.15, 0.2) is 6.10 Å². The Morgan fingerprint density at radius 2 is 0.442 bits per heavy atom. The Bertz CT molecular complexity index is 2830. The Morgan fingerprint density at radius 3 is 0.699 bits per heavy atom. The summed E-state index contributed by atoms with van der Waals surface area (Å²) in [5.41, 5.74) is 0. The number of aliphatic hydroxyl groups is 2. The molecule has 0 heterocycles. The van der Waals surface area contributed by atoms with Crippen LogP contribution in [0.25, 0.3) is 0 Å². The number of hydrogen-bond acceptors (Lipinski definition) is 14. The molecule has 16 nitrogen and oxygen atoms in total. The highest BCUT2D eigenvalue weighted by atomic mass is 31.2. The predicted molar refractivity (Wildman–Crippen MR) is 472 cm³/mol. The molecule has 0 aliphatic rings. The van der Waals surface area contributed by atoms with Gasteiger partial charge in [0, 0.05) is 19.3 Å². The maximum absolute atomic E-state index is 13.0. The van der Waals surface area contributed by atoms with Crippen molar-refractivity contribution in [2.75, 3.05) is 39.6 Å². The van der Waals surface area contributed by atoms with Gasteiger partial charge in [0.2, 0.25) is 0 Å². The van der Waals surface area contributed by atoms with E-state index in [2.05, 4.69) is 215 Å². The highest BCUT2D eigenvalue weighted by molar-refractivity contribution is 7.47. The van der Waals surface area contributed by atoms with Crippen LogP contribution in [0.2, 0.25) is 0 Å². The first-order valence-electron chi connectivity index (χ1n) is 43.7. The SMILES string of the molecule is CC/C=C\C/C=C\C/C=C\C/C=C\C/C=C\C/C=C\CCCCCCCCCCCCCCCCCCC(=O)OCC(O)COP(=O)(O)OCC(O)COP(=O)(O)OCC(COC(=O)CCCCCC/C=C\C/C=C\C/C=C\C/C=C\C/C=C\C/C=C\CC)OC(=O)CCCCCCCC/C=C\C/C=C\C/C=C\C/C=C\CC. The quantitative estimate of drug-likeness (QED) is 0.0146. The summed E-state index contributed by atoms with van der Waals surface area (Å²) in [7, 11) is -9.82. The van der Waals surface area contributed by atoms with Crippen molar-refractivity contribution in [2.24, 2.45) is 0 Å². The lowest BCUT2D eigenvalue weighted by molar-refractivity contribution is -0.161. The van der Waals surface area contributed by atoms with Crippen LogP contribution in [-0.2, 0) is 55.8 Å². The average Bonchev–Trinajstić information content (AvgIpc) is 0.899. The first-order chi connectivity index (χ1) is 55.2. The Balaban J connectivity index is 4.55. The van der Waals surface area contributed by atoms with Gasteiger partial charge < -0.3 is 34.2 Å². The third-order valence-electron chi connectivity index (χ3n) is 17.8. The molecule has 5 atom stereocenters. The molecule has 642 valence electrons. The van der Waals surface area contributed by atoms with E-state index in [-0.39, 0.29) is 19.3 Å². The van der Waals surface area contributed by atoms with Gasteiger partial charge in [-0.15, -0.1) is 0 Å². The standard InChI is InChI=1S/C95H156O16P2/c1-4-7-10-13-16-19-22-25-28-31-34-36-38-39-40-41-42-43-44-45-46-47-48-49-51-53-55-57-60-63-66-69-72-75-78-81-93(98)105-84-90(96)85-107-112(101,102)108-86-91(97)87-109-113(103,104)110-89-92(111-95(100)83-80-77-74-71-68-65-62-59-54-33-30-27-24-21-18-15-12-9-6-3)88-106-94(99)82-79-76-73-70-67-64-61-58-56-52-50-37-35-32-29-26-23-20-17-14-11-8-5-2/h7-12,16-21,25-30,34-37,39-40,42-43,52,54,56,59,61,64,90-92,96-97H,4-6,13-15,22-24,31-33,38,41,44-51,53,55,57-58,60,62-63,65-89H2,1-3H3,(H,101,102)(H,103,104)/b10-7-,11-8-,12-9-,19-16-,20-17-,21-18-,28-25-,29-26-,30-27-,36-34-,37-35-,40-39-,43-42-,56-52-,59-54-,64-61-. The van der Waals surface area contributed by atoms with E-state index in [1.807, 2.05) is 0 Å². The number of rotatable bonds is 81. The van der Waals surface area contributed by atoms with Gasteiger partial charge in [-0.25, -0.2) is 9.13 Å². The number of allylic oxidation sites excluding steroid dienone is 32. The van der Waals surface area contributed by atoms with Gasteiger partial charge in [0.25, 0.3) is 0 Å². The van der Waals surface area contributed by atoms with E-state index >= 15 is 0 Å². The molecule has 0 saturated carbocycles. The maximum Gasteiger partial charge on any atom is 0.472 e. The number of aliphatic hydroxyl groups excluding tert-OH is 2. The van der Waals surface area contributed by atoms with E-state index in [1.54, 1.807) is 0 Å². The summed E-state index contributed by atoms with van der Waals surface area (Å²) < 4.78 is 61.3. The van der Waals surface area contributed by atoms with E-state index in [1.165, 1.54) is 83.5 Å². The fourth-order valence-electron chi connectivity index (χ4n) is 11.3. The van der Waals surface area contributed by atoms with Crippen LogP contribution in [0, 0.1) is 0 Å². The van der Waals surface area contributed by atoms with E-state index < -0.39 is 91.5 Å². The minimum atomic E-state index is -4.95. The molecule has 0 saturated heterocycles. The van der Waals surface area contributed by atoms with Crippen LogP contribution in [0.5, 0.6) is 0 Å².